The second kappa shape index (κ2) is 4.62. The zero-order chi connectivity index (χ0) is 10.7. The van der Waals surface area contributed by atoms with Crippen LogP contribution >= 0.6 is 15.9 Å². The molecule has 0 atom stereocenters. The molecule has 78 valence electrons. The highest BCUT2D eigenvalue weighted by Crippen LogP contribution is 2.36. The van der Waals surface area contributed by atoms with Crippen molar-refractivity contribution in [1.29, 1.82) is 5.41 Å². The van der Waals surface area contributed by atoms with Gasteiger partial charge in [0.1, 0.15) is 0 Å². The van der Waals surface area contributed by atoms with Crippen LogP contribution in [0.25, 0.3) is 0 Å². The lowest BCUT2D eigenvalue weighted by atomic mass is 10.2. The minimum Gasteiger partial charge on any atom is -0.359 e. The van der Waals surface area contributed by atoms with Crippen molar-refractivity contribution < 1.29 is 0 Å². The van der Waals surface area contributed by atoms with E-state index in [1.54, 1.807) is 0 Å². The number of halogens is 1. The first-order valence-corrected chi connectivity index (χ1v) is 5.82. The van der Waals surface area contributed by atoms with Gasteiger partial charge in [0.15, 0.2) is 0 Å². The average molecular weight is 265 g/mol. The Morgan fingerprint density at radius 2 is 2.00 bits per heavy atom. The molecular weight excluding hydrogens is 252 g/mol. The van der Waals surface area contributed by atoms with E-state index in [4.69, 9.17) is 5.41 Å². The lowest BCUT2D eigenvalue weighted by molar-refractivity contribution is 1.02. The number of rotatable bonds is 4. The maximum absolute atomic E-state index is 7.11. The Labute approximate surface area is 98.0 Å². The predicted molar refractivity (Wildman–Crippen MR) is 67.4 cm³/mol. The third-order valence-corrected chi connectivity index (χ3v) is 2.94. The lowest BCUT2D eigenvalue weighted by Crippen LogP contribution is -2.01. The fourth-order valence-corrected chi connectivity index (χ4v) is 1.73. The Morgan fingerprint density at radius 1 is 1.33 bits per heavy atom. The molecule has 1 aliphatic carbocycles. The van der Waals surface area contributed by atoms with Crippen molar-refractivity contribution in [2.24, 2.45) is 5.92 Å². The summed E-state index contributed by atoms with van der Waals surface area (Å²) in [7, 11) is 0. The van der Waals surface area contributed by atoms with E-state index in [0.717, 1.165) is 15.9 Å². The van der Waals surface area contributed by atoms with Gasteiger partial charge in [0.25, 0.3) is 0 Å². The molecular formula is C12H13BrN2. The van der Waals surface area contributed by atoms with Gasteiger partial charge >= 0.3 is 0 Å². The van der Waals surface area contributed by atoms with Crippen LogP contribution in [0.1, 0.15) is 12.8 Å². The zero-order valence-corrected chi connectivity index (χ0v) is 9.92. The highest BCUT2D eigenvalue weighted by atomic mass is 79.9. The van der Waals surface area contributed by atoms with Crippen LogP contribution in [0.15, 0.2) is 40.5 Å². The quantitative estimate of drug-likeness (QED) is 0.798. The van der Waals surface area contributed by atoms with Crippen LogP contribution in [0, 0.1) is 11.3 Å². The third-order valence-electron chi connectivity index (χ3n) is 2.41. The summed E-state index contributed by atoms with van der Waals surface area (Å²) in [4.78, 5) is 0. The lowest BCUT2D eigenvalue weighted by Gasteiger charge is -2.09. The molecule has 0 radical (unpaired) electrons. The molecule has 1 fully saturated rings. The van der Waals surface area contributed by atoms with Crippen LogP contribution in [0.4, 0.5) is 5.69 Å². The number of allylic oxidation sites excluding steroid dienone is 2. The van der Waals surface area contributed by atoms with E-state index in [-0.39, 0.29) is 0 Å². The van der Waals surface area contributed by atoms with E-state index < -0.39 is 0 Å². The monoisotopic (exact) mass is 264 g/mol. The summed E-state index contributed by atoms with van der Waals surface area (Å²) in [5.41, 5.74) is 2.24. The fraction of sp³-hybridized carbons (Fsp3) is 0.250. The van der Waals surface area contributed by atoms with Crippen LogP contribution in [0.3, 0.4) is 0 Å². The Bertz CT molecular complexity index is 377. The molecule has 0 saturated heterocycles. The van der Waals surface area contributed by atoms with Gasteiger partial charge in [-0.25, -0.2) is 0 Å². The van der Waals surface area contributed by atoms with Gasteiger partial charge in [-0.05, 0) is 49.1 Å². The molecule has 0 bridgehead atoms. The molecule has 2 nitrogen and oxygen atoms in total. The standard InChI is InChI=1S/C12H13BrN2/c13-10-3-5-11(6-4-10)15-12(7-8-14)9-1-2-9/h3-9,14-15H,1-2H2/b12-7-,14-8?. The SMILES string of the molecule is N=C/C=C(\Nc1ccc(Br)cc1)C1CC1. The van der Waals surface area contributed by atoms with Crippen molar-refractivity contribution in [3.05, 3.63) is 40.5 Å². The van der Waals surface area contributed by atoms with Gasteiger partial charge in [-0.15, -0.1) is 0 Å². The molecule has 0 spiro atoms. The minimum atomic E-state index is 0.634. The van der Waals surface area contributed by atoms with Gasteiger partial charge in [0, 0.05) is 22.1 Å². The highest BCUT2D eigenvalue weighted by molar-refractivity contribution is 9.10. The largest absolute Gasteiger partial charge is 0.359 e. The Balaban J connectivity index is 2.08. The summed E-state index contributed by atoms with van der Waals surface area (Å²) in [5.74, 6) is 0.634. The summed E-state index contributed by atoms with van der Waals surface area (Å²) in [5, 5.41) is 10.5. The minimum absolute atomic E-state index is 0.634. The molecule has 2 rings (SSSR count). The summed E-state index contributed by atoms with van der Waals surface area (Å²) in [6.07, 6.45) is 5.67. The van der Waals surface area contributed by atoms with Crippen LogP contribution in [-0.4, -0.2) is 6.21 Å². The summed E-state index contributed by atoms with van der Waals surface area (Å²) in [6.45, 7) is 0. The molecule has 15 heavy (non-hydrogen) atoms. The summed E-state index contributed by atoms with van der Waals surface area (Å²) >= 11 is 3.41. The van der Waals surface area contributed by atoms with Crippen molar-refractivity contribution in [1.82, 2.24) is 0 Å². The maximum Gasteiger partial charge on any atom is 0.0382 e. The molecule has 2 N–H and O–H groups in total. The summed E-state index contributed by atoms with van der Waals surface area (Å²) < 4.78 is 1.08. The predicted octanol–water partition coefficient (Wildman–Crippen LogP) is 3.80. The second-order valence-electron chi connectivity index (χ2n) is 3.69. The van der Waals surface area contributed by atoms with Crippen molar-refractivity contribution in [2.75, 3.05) is 5.32 Å². The molecule has 1 saturated carbocycles. The normalized spacial score (nSPS) is 16.2. The number of hydrogen-bond acceptors (Lipinski definition) is 2. The summed E-state index contributed by atoms with van der Waals surface area (Å²) in [6, 6.07) is 8.09. The number of hydrogen-bond donors (Lipinski definition) is 2. The van der Waals surface area contributed by atoms with Gasteiger partial charge < -0.3 is 10.7 Å². The van der Waals surface area contributed by atoms with E-state index in [1.165, 1.54) is 19.1 Å². The highest BCUT2D eigenvalue weighted by Gasteiger charge is 2.25. The topological polar surface area (TPSA) is 35.9 Å². The Morgan fingerprint density at radius 3 is 2.53 bits per heavy atom. The van der Waals surface area contributed by atoms with Crippen molar-refractivity contribution >= 4 is 27.8 Å². The molecule has 1 aliphatic rings. The van der Waals surface area contributed by atoms with Crippen molar-refractivity contribution in [3.8, 4) is 0 Å². The van der Waals surface area contributed by atoms with E-state index in [9.17, 15) is 0 Å². The fourth-order valence-electron chi connectivity index (χ4n) is 1.46. The Hall–Kier alpha value is -1.09. The maximum atomic E-state index is 7.11. The average Bonchev–Trinajstić information content (AvgIpc) is 3.04. The molecule has 1 aromatic carbocycles. The van der Waals surface area contributed by atoms with Crippen LogP contribution in [0.5, 0.6) is 0 Å². The first kappa shape index (κ1) is 10.4. The van der Waals surface area contributed by atoms with Crippen molar-refractivity contribution in [3.63, 3.8) is 0 Å². The number of anilines is 1. The van der Waals surface area contributed by atoms with Gasteiger partial charge in [-0.3, -0.25) is 0 Å². The number of benzene rings is 1. The van der Waals surface area contributed by atoms with Gasteiger partial charge in [-0.2, -0.15) is 0 Å². The first-order valence-electron chi connectivity index (χ1n) is 5.03. The zero-order valence-electron chi connectivity index (χ0n) is 8.33. The van der Waals surface area contributed by atoms with Gasteiger partial charge in [0.05, 0.1) is 0 Å². The molecule has 3 heteroatoms. The van der Waals surface area contributed by atoms with E-state index >= 15 is 0 Å². The first-order chi connectivity index (χ1) is 7.29. The molecule has 0 amide bonds. The molecule has 0 unspecified atom stereocenters. The molecule has 0 aliphatic heterocycles. The Kier molecular flexibility index (Phi) is 3.21. The van der Waals surface area contributed by atoms with Crippen LogP contribution in [-0.2, 0) is 0 Å². The van der Waals surface area contributed by atoms with E-state index in [1.807, 2.05) is 30.3 Å². The molecule has 0 aromatic heterocycles. The van der Waals surface area contributed by atoms with Crippen LogP contribution < -0.4 is 5.32 Å². The molecule has 0 heterocycles. The third kappa shape index (κ3) is 2.93. The van der Waals surface area contributed by atoms with E-state index in [2.05, 4.69) is 21.2 Å². The number of nitrogens with one attached hydrogen (secondary N) is 2. The van der Waals surface area contributed by atoms with Crippen molar-refractivity contribution in [2.45, 2.75) is 12.8 Å². The molecule has 1 aromatic rings. The second-order valence-corrected chi connectivity index (χ2v) is 4.61. The van der Waals surface area contributed by atoms with Gasteiger partial charge in [0.2, 0.25) is 0 Å². The van der Waals surface area contributed by atoms with Gasteiger partial charge in [-0.1, -0.05) is 15.9 Å². The smallest absolute Gasteiger partial charge is 0.0382 e. The van der Waals surface area contributed by atoms with E-state index in [0.29, 0.717) is 5.92 Å². The van der Waals surface area contributed by atoms with Crippen LogP contribution in [0.2, 0.25) is 0 Å².